The second kappa shape index (κ2) is 9.30. The lowest BCUT2D eigenvalue weighted by Gasteiger charge is -2.05. The number of ether oxygens (including phenoxy) is 1. The lowest BCUT2D eigenvalue weighted by Crippen LogP contribution is -2.17. The predicted molar refractivity (Wildman–Crippen MR) is 112 cm³/mol. The number of halogens is 2. The number of benzene rings is 3. The van der Waals surface area contributed by atoms with Crippen LogP contribution in [0.2, 0.25) is 5.02 Å². The summed E-state index contributed by atoms with van der Waals surface area (Å²) in [4.78, 5) is 24.2. The van der Waals surface area contributed by atoms with Gasteiger partial charge in [-0.05, 0) is 66.2 Å². The topological polar surface area (TPSA) is 67.8 Å². The third-order valence-electron chi connectivity index (χ3n) is 3.63. The highest BCUT2D eigenvalue weighted by molar-refractivity contribution is 9.10. The minimum Gasteiger partial charge on any atom is -0.423 e. The van der Waals surface area contributed by atoms with Crippen molar-refractivity contribution >= 4 is 45.6 Å². The summed E-state index contributed by atoms with van der Waals surface area (Å²) in [7, 11) is 0. The molecule has 0 aromatic heterocycles. The molecule has 0 fully saturated rings. The van der Waals surface area contributed by atoms with E-state index in [9.17, 15) is 9.59 Å². The van der Waals surface area contributed by atoms with Gasteiger partial charge in [-0.3, -0.25) is 4.79 Å². The van der Waals surface area contributed by atoms with Crippen LogP contribution in [0.15, 0.2) is 82.4 Å². The molecule has 0 spiro atoms. The van der Waals surface area contributed by atoms with Crippen molar-refractivity contribution in [2.45, 2.75) is 0 Å². The van der Waals surface area contributed by atoms with Crippen molar-refractivity contribution in [3.8, 4) is 5.75 Å². The summed E-state index contributed by atoms with van der Waals surface area (Å²) >= 11 is 9.13. The van der Waals surface area contributed by atoms with Gasteiger partial charge in [0.25, 0.3) is 5.91 Å². The van der Waals surface area contributed by atoms with Gasteiger partial charge in [0.15, 0.2) is 0 Å². The zero-order valence-electron chi connectivity index (χ0n) is 14.4. The quantitative estimate of drug-likeness (QED) is 0.251. The number of amides is 1. The van der Waals surface area contributed by atoms with E-state index in [1.165, 1.54) is 6.21 Å². The van der Waals surface area contributed by atoms with Crippen molar-refractivity contribution in [3.05, 3.63) is 99.0 Å². The summed E-state index contributed by atoms with van der Waals surface area (Å²) in [5.74, 6) is -0.452. The molecule has 3 rings (SSSR count). The molecule has 0 aliphatic heterocycles. The highest BCUT2D eigenvalue weighted by Crippen LogP contribution is 2.16. The van der Waals surface area contributed by atoms with Crippen molar-refractivity contribution < 1.29 is 14.3 Å². The van der Waals surface area contributed by atoms with Crippen LogP contribution in [-0.2, 0) is 0 Å². The van der Waals surface area contributed by atoms with E-state index < -0.39 is 5.97 Å². The van der Waals surface area contributed by atoms with Crippen molar-refractivity contribution in [2.24, 2.45) is 5.10 Å². The molecular weight excluding hydrogens is 444 g/mol. The summed E-state index contributed by atoms with van der Waals surface area (Å²) in [5, 5.41) is 4.48. The van der Waals surface area contributed by atoms with Crippen molar-refractivity contribution in [2.75, 3.05) is 0 Å². The fourth-order valence-electron chi connectivity index (χ4n) is 2.24. The number of hydrogen-bond donors (Lipinski definition) is 1. The molecule has 5 nitrogen and oxygen atoms in total. The molecule has 1 amide bonds. The van der Waals surface area contributed by atoms with Gasteiger partial charge in [0.2, 0.25) is 0 Å². The van der Waals surface area contributed by atoms with Crippen LogP contribution in [0.4, 0.5) is 0 Å². The highest BCUT2D eigenvalue weighted by atomic mass is 79.9. The second-order valence-corrected chi connectivity index (χ2v) is 7.03. The molecule has 3 aromatic carbocycles. The third-order valence-corrected chi connectivity index (χ3v) is 4.42. The van der Waals surface area contributed by atoms with E-state index >= 15 is 0 Å². The Morgan fingerprint density at radius 2 is 1.64 bits per heavy atom. The Labute approximate surface area is 175 Å². The normalized spacial score (nSPS) is 10.6. The smallest absolute Gasteiger partial charge is 0.343 e. The van der Waals surface area contributed by atoms with Gasteiger partial charge in [-0.25, -0.2) is 10.2 Å². The number of nitrogens with zero attached hydrogens (tertiary/aromatic N) is 1. The van der Waals surface area contributed by atoms with Crippen LogP contribution in [-0.4, -0.2) is 18.1 Å². The lowest BCUT2D eigenvalue weighted by atomic mass is 10.2. The predicted octanol–water partition coefficient (Wildman–Crippen LogP) is 5.09. The van der Waals surface area contributed by atoms with E-state index in [1.54, 1.807) is 72.8 Å². The van der Waals surface area contributed by atoms with Gasteiger partial charge in [-0.1, -0.05) is 39.7 Å². The van der Waals surface area contributed by atoms with Crippen LogP contribution in [0.3, 0.4) is 0 Å². The number of carbonyl (C=O) groups is 2. The lowest BCUT2D eigenvalue weighted by molar-refractivity contribution is 0.0734. The van der Waals surface area contributed by atoms with Crippen LogP contribution >= 0.6 is 27.5 Å². The summed E-state index contributed by atoms with van der Waals surface area (Å²) in [5.41, 5.74) is 4.00. The molecule has 28 heavy (non-hydrogen) atoms. The zero-order chi connectivity index (χ0) is 19.9. The van der Waals surface area contributed by atoms with Gasteiger partial charge in [-0.2, -0.15) is 5.10 Å². The molecule has 0 unspecified atom stereocenters. The summed E-state index contributed by atoms with van der Waals surface area (Å²) in [6.45, 7) is 0. The first-order valence-electron chi connectivity index (χ1n) is 8.18. The van der Waals surface area contributed by atoms with Crippen LogP contribution in [0, 0.1) is 0 Å². The molecule has 0 heterocycles. The molecule has 1 N–H and O–H groups in total. The van der Waals surface area contributed by atoms with E-state index in [4.69, 9.17) is 16.3 Å². The minimum absolute atomic E-state index is 0.325. The molecule has 0 atom stereocenters. The summed E-state index contributed by atoms with van der Waals surface area (Å²) < 4.78 is 6.24. The fourth-order valence-corrected chi connectivity index (χ4v) is 2.63. The zero-order valence-corrected chi connectivity index (χ0v) is 16.8. The van der Waals surface area contributed by atoms with Crippen LogP contribution in [0.5, 0.6) is 5.75 Å². The Bertz CT molecular complexity index is 1020. The SMILES string of the molecule is O=C(NN=Cc1cccc(OC(=O)c2ccc(Cl)cc2)c1)c1ccc(Br)cc1. The van der Waals surface area contributed by atoms with E-state index in [2.05, 4.69) is 26.5 Å². The first-order chi connectivity index (χ1) is 13.5. The molecular formula is C21H14BrClN2O3. The average Bonchev–Trinajstić information content (AvgIpc) is 2.69. The van der Waals surface area contributed by atoms with Gasteiger partial charge < -0.3 is 4.74 Å². The van der Waals surface area contributed by atoms with Crippen LogP contribution in [0.25, 0.3) is 0 Å². The van der Waals surface area contributed by atoms with E-state index in [0.717, 1.165) is 4.47 Å². The van der Waals surface area contributed by atoms with Crippen LogP contribution in [0.1, 0.15) is 26.3 Å². The minimum atomic E-state index is -0.491. The van der Waals surface area contributed by atoms with E-state index in [-0.39, 0.29) is 5.91 Å². The number of rotatable bonds is 5. The maximum atomic E-state index is 12.2. The highest BCUT2D eigenvalue weighted by Gasteiger charge is 2.08. The Kier molecular flexibility index (Phi) is 6.57. The Hall–Kier alpha value is -2.96. The largest absolute Gasteiger partial charge is 0.423 e. The monoisotopic (exact) mass is 456 g/mol. The molecule has 0 bridgehead atoms. The van der Waals surface area contributed by atoms with Gasteiger partial charge in [0, 0.05) is 15.1 Å². The molecule has 3 aromatic rings. The Morgan fingerprint density at radius 1 is 0.964 bits per heavy atom. The number of hydrogen-bond acceptors (Lipinski definition) is 4. The average molecular weight is 458 g/mol. The fraction of sp³-hybridized carbons (Fsp3) is 0. The summed E-state index contributed by atoms with van der Waals surface area (Å²) in [6.07, 6.45) is 1.47. The number of carbonyl (C=O) groups excluding carboxylic acids is 2. The number of nitrogens with one attached hydrogen (secondary N) is 1. The maximum absolute atomic E-state index is 12.2. The van der Waals surface area contributed by atoms with Crippen molar-refractivity contribution in [3.63, 3.8) is 0 Å². The second-order valence-electron chi connectivity index (χ2n) is 5.67. The van der Waals surface area contributed by atoms with E-state index in [0.29, 0.717) is 27.5 Å². The van der Waals surface area contributed by atoms with Gasteiger partial charge >= 0.3 is 5.97 Å². The molecule has 0 radical (unpaired) electrons. The summed E-state index contributed by atoms with van der Waals surface area (Å²) in [6, 6.07) is 20.1. The Balaban J connectivity index is 1.61. The molecule has 0 aliphatic rings. The van der Waals surface area contributed by atoms with Gasteiger partial charge in [0.05, 0.1) is 11.8 Å². The van der Waals surface area contributed by atoms with E-state index in [1.807, 2.05) is 0 Å². The molecule has 0 saturated carbocycles. The Morgan fingerprint density at radius 3 is 2.36 bits per heavy atom. The standard InChI is InChI=1S/C21H14BrClN2O3/c22-17-8-4-15(5-9-17)20(26)25-24-13-14-2-1-3-19(12-14)28-21(27)16-6-10-18(23)11-7-16/h1-13H,(H,25,26). The molecule has 140 valence electrons. The number of esters is 1. The third kappa shape index (κ3) is 5.52. The molecule has 0 saturated heterocycles. The first kappa shape index (κ1) is 19.8. The molecule has 0 aliphatic carbocycles. The number of hydrazone groups is 1. The van der Waals surface area contributed by atoms with Gasteiger partial charge in [-0.15, -0.1) is 0 Å². The van der Waals surface area contributed by atoms with Crippen LogP contribution < -0.4 is 10.2 Å². The maximum Gasteiger partial charge on any atom is 0.343 e. The first-order valence-corrected chi connectivity index (χ1v) is 9.35. The van der Waals surface area contributed by atoms with Gasteiger partial charge in [0.1, 0.15) is 5.75 Å². The van der Waals surface area contributed by atoms with Crippen molar-refractivity contribution in [1.82, 2.24) is 5.43 Å². The van der Waals surface area contributed by atoms with Crippen molar-refractivity contribution in [1.29, 1.82) is 0 Å². The molecule has 7 heteroatoms.